The first-order chi connectivity index (χ1) is 8.65. The van der Waals surface area contributed by atoms with Gasteiger partial charge in [0, 0.05) is 9.50 Å². The Morgan fingerprint density at radius 3 is 2.39 bits per heavy atom. The fourth-order valence-electron chi connectivity index (χ4n) is 2.12. The average Bonchev–Trinajstić information content (AvgIpc) is 2.37. The molecule has 94 valence electrons. The molecule has 0 bridgehead atoms. The number of benzene rings is 2. The van der Waals surface area contributed by atoms with Crippen molar-refractivity contribution in [1.29, 1.82) is 0 Å². The lowest BCUT2D eigenvalue weighted by molar-refractivity contribution is 0.687. The molecule has 0 saturated carbocycles. The summed E-state index contributed by atoms with van der Waals surface area (Å²) in [5, 5.41) is 4.13. The maximum absolute atomic E-state index is 6.29. The Labute approximate surface area is 121 Å². The predicted octanol–water partition coefficient (Wildman–Crippen LogP) is 4.72. The summed E-state index contributed by atoms with van der Waals surface area (Å²) < 4.78 is 1.12. The highest BCUT2D eigenvalue weighted by Gasteiger charge is 2.17. The summed E-state index contributed by atoms with van der Waals surface area (Å²) in [6, 6.07) is 14.3. The molecule has 0 aliphatic rings. The summed E-state index contributed by atoms with van der Waals surface area (Å²) in [5.74, 6) is 0. The molecule has 3 heteroatoms. The molecule has 0 aliphatic heterocycles. The molecular weight excluding hydrogens is 310 g/mol. The van der Waals surface area contributed by atoms with E-state index < -0.39 is 0 Å². The lowest BCUT2D eigenvalue weighted by atomic mass is 9.95. The van der Waals surface area contributed by atoms with Gasteiger partial charge in [0.2, 0.25) is 0 Å². The molecule has 0 radical (unpaired) electrons. The first-order valence-electron chi connectivity index (χ1n) is 5.82. The van der Waals surface area contributed by atoms with Gasteiger partial charge < -0.3 is 5.32 Å². The minimum Gasteiger partial charge on any atom is -0.309 e. The van der Waals surface area contributed by atoms with Crippen molar-refractivity contribution in [3.05, 3.63) is 68.7 Å². The second-order valence-corrected chi connectivity index (χ2v) is 5.46. The molecule has 18 heavy (non-hydrogen) atoms. The zero-order valence-corrected chi connectivity index (χ0v) is 12.7. The van der Waals surface area contributed by atoms with Crippen LogP contribution in [-0.2, 0) is 0 Å². The largest absolute Gasteiger partial charge is 0.309 e. The molecule has 0 fully saturated rings. The lowest BCUT2D eigenvalue weighted by Gasteiger charge is -2.21. The topological polar surface area (TPSA) is 12.0 Å². The van der Waals surface area contributed by atoms with E-state index in [1.807, 2.05) is 31.3 Å². The maximum atomic E-state index is 6.29. The number of hydrogen-bond acceptors (Lipinski definition) is 1. The molecule has 2 rings (SSSR count). The average molecular weight is 325 g/mol. The minimum atomic E-state index is 0.108. The van der Waals surface area contributed by atoms with E-state index in [1.54, 1.807) is 0 Å². The van der Waals surface area contributed by atoms with Crippen molar-refractivity contribution in [2.45, 2.75) is 13.0 Å². The highest BCUT2D eigenvalue weighted by atomic mass is 79.9. The van der Waals surface area contributed by atoms with Crippen LogP contribution in [0, 0.1) is 6.92 Å². The highest BCUT2D eigenvalue weighted by Crippen LogP contribution is 2.32. The van der Waals surface area contributed by atoms with E-state index in [4.69, 9.17) is 11.6 Å². The summed E-state index contributed by atoms with van der Waals surface area (Å²) in [4.78, 5) is 0. The first kappa shape index (κ1) is 13.6. The van der Waals surface area contributed by atoms with Gasteiger partial charge in [-0.15, -0.1) is 0 Å². The summed E-state index contributed by atoms with van der Waals surface area (Å²) in [6.07, 6.45) is 0. The molecule has 2 aromatic rings. The SMILES string of the molecule is CNC(c1ccccc1Cl)c1cccc(Br)c1C. The minimum absolute atomic E-state index is 0.108. The molecule has 0 saturated heterocycles. The fraction of sp³-hybridized carbons (Fsp3) is 0.200. The second-order valence-electron chi connectivity index (χ2n) is 4.20. The van der Waals surface area contributed by atoms with Gasteiger partial charge in [-0.25, -0.2) is 0 Å². The molecule has 0 spiro atoms. The van der Waals surface area contributed by atoms with Crippen LogP contribution in [0.5, 0.6) is 0 Å². The third-order valence-corrected chi connectivity index (χ3v) is 4.33. The second kappa shape index (κ2) is 5.87. The van der Waals surface area contributed by atoms with Crippen molar-refractivity contribution >= 4 is 27.5 Å². The Kier molecular flexibility index (Phi) is 4.44. The number of hydrogen-bond donors (Lipinski definition) is 1. The summed E-state index contributed by atoms with van der Waals surface area (Å²) in [6.45, 7) is 2.11. The maximum Gasteiger partial charge on any atom is 0.0592 e. The van der Waals surface area contributed by atoms with Crippen LogP contribution in [-0.4, -0.2) is 7.05 Å². The lowest BCUT2D eigenvalue weighted by Crippen LogP contribution is -2.19. The van der Waals surface area contributed by atoms with Gasteiger partial charge in [0.1, 0.15) is 0 Å². The van der Waals surface area contributed by atoms with E-state index in [2.05, 4.69) is 46.4 Å². The van der Waals surface area contributed by atoms with E-state index in [-0.39, 0.29) is 6.04 Å². The molecule has 1 N–H and O–H groups in total. The standard InChI is InChI=1S/C15H15BrClN/c1-10-11(7-5-8-13(10)16)15(18-2)12-6-3-4-9-14(12)17/h3-9,15,18H,1-2H3. The Morgan fingerprint density at radius 2 is 1.72 bits per heavy atom. The van der Waals surface area contributed by atoms with E-state index in [0.29, 0.717) is 0 Å². The van der Waals surface area contributed by atoms with Gasteiger partial charge in [-0.05, 0) is 42.8 Å². The van der Waals surface area contributed by atoms with Gasteiger partial charge >= 0.3 is 0 Å². The Balaban J connectivity index is 2.53. The summed E-state index contributed by atoms with van der Waals surface area (Å²) in [5.41, 5.74) is 3.57. The van der Waals surface area contributed by atoms with E-state index in [9.17, 15) is 0 Å². The van der Waals surface area contributed by atoms with E-state index in [0.717, 1.165) is 15.1 Å². The van der Waals surface area contributed by atoms with Gasteiger partial charge in [0.05, 0.1) is 6.04 Å². The van der Waals surface area contributed by atoms with Gasteiger partial charge in [-0.1, -0.05) is 57.9 Å². The fourth-order valence-corrected chi connectivity index (χ4v) is 2.75. The quantitative estimate of drug-likeness (QED) is 0.861. The number of halogens is 2. The molecule has 0 heterocycles. The van der Waals surface area contributed by atoms with Crippen LogP contribution in [0.1, 0.15) is 22.7 Å². The van der Waals surface area contributed by atoms with Gasteiger partial charge in [0.15, 0.2) is 0 Å². The Bertz CT molecular complexity index is 554. The van der Waals surface area contributed by atoms with Gasteiger partial charge in [0.25, 0.3) is 0 Å². The zero-order chi connectivity index (χ0) is 13.1. The van der Waals surface area contributed by atoms with Crippen LogP contribution in [0.25, 0.3) is 0 Å². The number of rotatable bonds is 3. The molecule has 1 nitrogen and oxygen atoms in total. The van der Waals surface area contributed by atoms with Crippen LogP contribution < -0.4 is 5.32 Å². The van der Waals surface area contributed by atoms with Crippen molar-refractivity contribution in [3.8, 4) is 0 Å². The van der Waals surface area contributed by atoms with Crippen molar-refractivity contribution < 1.29 is 0 Å². The smallest absolute Gasteiger partial charge is 0.0592 e. The Hall–Kier alpha value is -0.830. The van der Waals surface area contributed by atoms with Gasteiger partial charge in [-0.2, -0.15) is 0 Å². The summed E-state index contributed by atoms with van der Waals surface area (Å²) in [7, 11) is 1.95. The Morgan fingerprint density at radius 1 is 1.06 bits per heavy atom. The van der Waals surface area contributed by atoms with Gasteiger partial charge in [-0.3, -0.25) is 0 Å². The van der Waals surface area contributed by atoms with E-state index >= 15 is 0 Å². The van der Waals surface area contributed by atoms with Crippen LogP contribution >= 0.6 is 27.5 Å². The summed E-state index contributed by atoms with van der Waals surface area (Å²) >= 11 is 9.86. The monoisotopic (exact) mass is 323 g/mol. The van der Waals surface area contributed by atoms with Crippen LogP contribution in [0.3, 0.4) is 0 Å². The van der Waals surface area contributed by atoms with Crippen molar-refractivity contribution in [2.75, 3.05) is 7.05 Å². The molecule has 1 unspecified atom stereocenters. The predicted molar refractivity (Wildman–Crippen MR) is 81.2 cm³/mol. The third kappa shape index (κ3) is 2.61. The van der Waals surface area contributed by atoms with E-state index in [1.165, 1.54) is 11.1 Å². The highest BCUT2D eigenvalue weighted by molar-refractivity contribution is 9.10. The number of nitrogens with one attached hydrogen (secondary N) is 1. The molecular formula is C15H15BrClN. The molecule has 1 atom stereocenters. The normalized spacial score (nSPS) is 12.4. The first-order valence-corrected chi connectivity index (χ1v) is 6.99. The molecule has 0 aliphatic carbocycles. The van der Waals surface area contributed by atoms with Crippen molar-refractivity contribution in [3.63, 3.8) is 0 Å². The van der Waals surface area contributed by atoms with Crippen LogP contribution in [0.4, 0.5) is 0 Å². The zero-order valence-electron chi connectivity index (χ0n) is 10.4. The van der Waals surface area contributed by atoms with Crippen molar-refractivity contribution in [1.82, 2.24) is 5.32 Å². The molecule has 0 amide bonds. The van der Waals surface area contributed by atoms with Crippen molar-refractivity contribution in [2.24, 2.45) is 0 Å². The van der Waals surface area contributed by atoms with Crippen LogP contribution in [0.15, 0.2) is 46.9 Å². The third-order valence-electron chi connectivity index (χ3n) is 3.13. The molecule has 0 aromatic heterocycles. The van der Waals surface area contributed by atoms with Crippen LogP contribution in [0.2, 0.25) is 5.02 Å². The molecule has 2 aromatic carbocycles.